The van der Waals surface area contributed by atoms with Crippen molar-refractivity contribution < 1.29 is 14.3 Å². The lowest BCUT2D eigenvalue weighted by Crippen LogP contribution is -2.43. The summed E-state index contributed by atoms with van der Waals surface area (Å²) in [6.07, 6.45) is 1.96. The maximum atomic E-state index is 12.3. The molecule has 1 unspecified atom stereocenters. The van der Waals surface area contributed by atoms with Gasteiger partial charge in [-0.1, -0.05) is 0 Å². The summed E-state index contributed by atoms with van der Waals surface area (Å²) in [4.78, 5) is 37.3. The molecule has 3 rings (SSSR count). The predicted molar refractivity (Wildman–Crippen MR) is 72.3 cm³/mol. The topological polar surface area (TPSA) is 116 Å². The highest BCUT2D eigenvalue weighted by Crippen LogP contribution is 2.31. The lowest BCUT2D eigenvalue weighted by Gasteiger charge is -2.28. The summed E-state index contributed by atoms with van der Waals surface area (Å²) in [7, 11) is 2.93. The second kappa shape index (κ2) is 4.69. The van der Waals surface area contributed by atoms with Crippen LogP contribution in [0.3, 0.4) is 0 Å². The van der Waals surface area contributed by atoms with Gasteiger partial charge in [0.15, 0.2) is 11.2 Å². The largest absolute Gasteiger partial charge is 0.479 e. The number of anilines is 1. The highest BCUT2D eigenvalue weighted by molar-refractivity contribution is 6.00. The Hall–Kier alpha value is -2.71. The number of ether oxygens (including phenoxy) is 1. The van der Waals surface area contributed by atoms with Crippen molar-refractivity contribution in [2.24, 2.45) is 0 Å². The van der Waals surface area contributed by atoms with Crippen LogP contribution in [0.4, 0.5) is 5.95 Å². The van der Waals surface area contributed by atoms with E-state index in [9.17, 15) is 9.59 Å². The molecule has 0 aromatic carbocycles. The third-order valence-electron chi connectivity index (χ3n) is 3.60. The lowest BCUT2D eigenvalue weighted by molar-refractivity contribution is -0.149. The lowest BCUT2D eigenvalue weighted by atomic mass is 10.0. The number of hydrogen-bond donors (Lipinski definition) is 1. The number of rotatable bonds is 2. The first-order valence-electron chi connectivity index (χ1n) is 6.37. The fraction of sp³-hybridized carbons (Fsp3) is 0.417. The van der Waals surface area contributed by atoms with Gasteiger partial charge in [-0.2, -0.15) is 4.98 Å². The van der Waals surface area contributed by atoms with Crippen molar-refractivity contribution >= 4 is 28.9 Å². The van der Waals surface area contributed by atoms with Crippen LogP contribution < -0.4 is 10.5 Å². The van der Waals surface area contributed by atoms with Gasteiger partial charge in [0.2, 0.25) is 17.7 Å². The number of piperidine rings is 1. The van der Waals surface area contributed by atoms with Gasteiger partial charge < -0.3 is 10.5 Å². The van der Waals surface area contributed by atoms with E-state index in [4.69, 9.17) is 10.5 Å². The van der Waals surface area contributed by atoms with E-state index in [2.05, 4.69) is 15.0 Å². The number of nitrogens with two attached hydrogens (primary N) is 1. The van der Waals surface area contributed by atoms with Crippen LogP contribution in [-0.4, -0.2) is 50.4 Å². The zero-order valence-electron chi connectivity index (χ0n) is 11.6. The fourth-order valence-electron chi connectivity index (χ4n) is 2.50. The van der Waals surface area contributed by atoms with Crippen molar-refractivity contribution in [3.05, 3.63) is 6.33 Å². The standard InChI is InChI=1S/C12H14N6O3/c1-17-7(19)4-3-6(11(17)20)18-9-8(16-12(18)13)10(21-2)15-5-14-9/h5-6H,3-4H2,1-2H3,(H2,13,16). The second-order valence-electron chi connectivity index (χ2n) is 4.74. The summed E-state index contributed by atoms with van der Waals surface area (Å²) in [5.41, 5.74) is 6.73. The molecule has 2 N–H and O–H groups in total. The first kappa shape index (κ1) is 13.3. The van der Waals surface area contributed by atoms with Crippen molar-refractivity contribution in [1.82, 2.24) is 24.4 Å². The van der Waals surface area contributed by atoms with E-state index in [0.29, 0.717) is 17.6 Å². The Labute approximate surface area is 119 Å². The molecule has 2 aromatic heterocycles. The second-order valence-corrected chi connectivity index (χ2v) is 4.74. The third kappa shape index (κ3) is 1.89. The SMILES string of the molecule is COc1ncnc2c1nc(N)n2C1CCC(=O)N(C)C1=O. The van der Waals surface area contributed by atoms with Gasteiger partial charge in [0.1, 0.15) is 12.4 Å². The molecule has 2 aromatic rings. The molecular formula is C12H14N6O3. The van der Waals surface area contributed by atoms with Gasteiger partial charge in [0.05, 0.1) is 7.11 Å². The van der Waals surface area contributed by atoms with E-state index >= 15 is 0 Å². The maximum absolute atomic E-state index is 12.3. The molecule has 0 bridgehead atoms. The molecule has 0 spiro atoms. The molecular weight excluding hydrogens is 276 g/mol. The van der Waals surface area contributed by atoms with E-state index < -0.39 is 6.04 Å². The van der Waals surface area contributed by atoms with Crippen LogP contribution in [0.25, 0.3) is 11.2 Å². The van der Waals surface area contributed by atoms with Gasteiger partial charge in [-0.05, 0) is 6.42 Å². The average molecular weight is 290 g/mol. The van der Waals surface area contributed by atoms with Crippen molar-refractivity contribution in [3.63, 3.8) is 0 Å². The number of amides is 2. The van der Waals surface area contributed by atoms with Gasteiger partial charge >= 0.3 is 0 Å². The molecule has 3 heterocycles. The van der Waals surface area contributed by atoms with Crippen LogP contribution in [0.5, 0.6) is 5.88 Å². The zero-order valence-corrected chi connectivity index (χ0v) is 11.6. The van der Waals surface area contributed by atoms with Gasteiger partial charge in [0.25, 0.3) is 5.91 Å². The van der Waals surface area contributed by atoms with E-state index in [1.807, 2.05) is 0 Å². The van der Waals surface area contributed by atoms with Crippen LogP contribution in [0, 0.1) is 0 Å². The number of imide groups is 1. The summed E-state index contributed by atoms with van der Waals surface area (Å²) < 4.78 is 6.65. The van der Waals surface area contributed by atoms with E-state index in [1.54, 1.807) is 0 Å². The Balaban J connectivity index is 2.15. The Morgan fingerprint density at radius 1 is 1.38 bits per heavy atom. The van der Waals surface area contributed by atoms with Crippen molar-refractivity contribution in [1.29, 1.82) is 0 Å². The first-order valence-corrected chi connectivity index (χ1v) is 6.37. The van der Waals surface area contributed by atoms with Crippen LogP contribution in [-0.2, 0) is 9.59 Å². The molecule has 1 aliphatic rings. The summed E-state index contributed by atoms with van der Waals surface area (Å²) in [6, 6.07) is -0.600. The number of hydrogen-bond acceptors (Lipinski definition) is 7. The zero-order chi connectivity index (χ0) is 15.1. The molecule has 1 fully saturated rings. The molecule has 21 heavy (non-hydrogen) atoms. The molecule has 2 amide bonds. The number of nitrogens with zero attached hydrogens (tertiary/aromatic N) is 5. The van der Waals surface area contributed by atoms with Gasteiger partial charge in [-0.25, -0.2) is 9.97 Å². The Kier molecular flexibility index (Phi) is 2.96. The van der Waals surface area contributed by atoms with Crippen molar-refractivity contribution in [3.8, 4) is 5.88 Å². The van der Waals surface area contributed by atoms with Crippen LogP contribution >= 0.6 is 0 Å². The number of methoxy groups -OCH3 is 1. The Bertz CT molecular complexity index is 740. The highest BCUT2D eigenvalue weighted by atomic mass is 16.5. The summed E-state index contributed by atoms with van der Waals surface area (Å²) in [5.74, 6) is -0.0932. The Morgan fingerprint density at radius 2 is 2.14 bits per heavy atom. The minimum absolute atomic E-state index is 0.143. The van der Waals surface area contributed by atoms with Gasteiger partial charge in [0, 0.05) is 13.5 Å². The molecule has 1 aliphatic heterocycles. The van der Waals surface area contributed by atoms with Crippen LogP contribution in [0.1, 0.15) is 18.9 Å². The quantitative estimate of drug-likeness (QED) is 0.757. The van der Waals surface area contributed by atoms with Crippen molar-refractivity contribution in [2.75, 3.05) is 19.9 Å². The minimum atomic E-state index is -0.600. The molecule has 0 aliphatic carbocycles. The fourth-order valence-corrected chi connectivity index (χ4v) is 2.50. The van der Waals surface area contributed by atoms with E-state index in [0.717, 1.165) is 4.90 Å². The summed E-state index contributed by atoms with van der Waals surface area (Å²) in [6.45, 7) is 0. The summed E-state index contributed by atoms with van der Waals surface area (Å²) >= 11 is 0. The van der Waals surface area contributed by atoms with E-state index in [1.165, 1.54) is 25.1 Å². The molecule has 9 heteroatoms. The number of nitrogen functional groups attached to an aromatic ring is 1. The minimum Gasteiger partial charge on any atom is -0.479 e. The van der Waals surface area contributed by atoms with Crippen LogP contribution in [0.2, 0.25) is 0 Å². The number of carbonyl (C=O) groups excluding carboxylic acids is 2. The number of carbonyl (C=O) groups is 2. The highest BCUT2D eigenvalue weighted by Gasteiger charge is 2.35. The molecule has 9 nitrogen and oxygen atoms in total. The molecule has 1 atom stereocenters. The van der Waals surface area contributed by atoms with Gasteiger partial charge in [-0.3, -0.25) is 19.1 Å². The molecule has 110 valence electrons. The van der Waals surface area contributed by atoms with Crippen molar-refractivity contribution in [2.45, 2.75) is 18.9 Å². The molecule has 1 saturated heterocycles. The van der Waals surface area contributed by atoms with E-state index in [-0.39, 0.29) is 30.1 Å². The number of likely N-dealkylation sites (tertiary alicyclic amines) is 1. The molecule has 0 radical (unpaired) electrons. The van der Waals surface area contributed by atoms with Crippen LogP contribution in [0.15, 0.2) is 6.33 Å². The van der Waals surface area contributed by atoms with Gasteiger partial charge in [-0.15, -0.1) is 0 Å². The summed E-state index contributed by atoms with van der Waals surface area (Å²) in [5, 5.41) is 0. The molecule has 0 saturated carbocycles. The smallest absolute Gasteiger partial charge is 0.252 e. The maximum Gasteiger partial charge on any atom is 0.252 e. The third-order valence-corrected chi connectivity index (χ3v) is 3.60. The number of aromatic nitrogens is 4. The monoisotopic (exact) mass is 290 g/mol. The Morgan fingerprint density at radius 3 is 2.86 bits per heavy atom. The number of imidazole rings is 1. The average Bonchev–Trinajstić information content (AvgIpc) is 2.81. The normalized spacial score (nSPS) is 19.3. The number of likely N-dealkylation sites (N-methyl/N-ethyl adjacent to an activating group) is 1. The number of fused-ring (bicyclic) bond motifs is 1. The predicted octanol–water partition coefficient (Wildman–Crippen LogP) is -0.263. The first-order chi connectivity index (χ1) is 10.0.